The zero-order chi connectivity index (χ0) is 8.69. The standard InChI is InChI=1S/C10H17N/c1-5-7-9(3)11-10(4)8-6-2/h5,7H,1,6,8H2,2-4H3/b9-7-,11-10-. The number of hydrogen-bond donors (Lipinski definition) is 0. The third kappa shape index (κ3) is 5.59. The minimum Gasteiger partial charge on any atom is -0.263 e. The van der Waals surface area contributed by atoms with Gasteiger partial charge in [-0.1, -0.05) is 26.0 Å². The summed E-state index contributed by atoms with van der Waals surface area (Å²) >= 11 is 0. The Kier molecular flexibility index (Phi) is 5.44. The summed E-state index contributed by atoms with van der Waals surface area (Å²) in [6.45, 7) is 9.81. The van der Waals surface area contributed by atoms with E-state index in [0.29, 0.717) is 0 Å². The minimum absolute atomic E-state index is 1.03. The summed E-state index contributed by atoms with van der Waals surface area (Å²) in [6.07, 6.45) is 5.93. The van der Waals surface area contributed by atoms with Gasteiger partial charge in [0.15, 0.2) is 0 Å². The summed E-state index contributed by atoms with van der Waals surface area (Å²) in [4.78, 5) is 4.36. The molecule has 62 valence electrons. The Balaban J connectivity index is 4.06. The molecule has 0 aliphatic carbocycles. The third-order valence-corrected chi connectivity index (χ3v) is 1.34. The molecule has 1 nitrogen and oxygen atoms in total. The molecule has 11 heavy (non-hydrogen) atoms. The first-order chi connectivity index (χ1) is 5.20. The topological polar surface area (TPSA) is 12.4 Å². The van der Waals surface area contributed by atoms with Crippen molar-refractivity contribution in [3.8, 4) is 0 Å². The average molecular weight is 151 g/mol. The average Bonchev–Trinajstić information content (AvgIpc) is 1.87. The van der Waals surface area contributed by atoms with Gasteiger partial charge in [-0.3, -0.25) is 4.99 Å². The van der Waals surface area contributed by atoms with Crippen LogP contribution in [0.1, 0.15) is 33.6 Å². The number of aliphatic imine (C=N–C) groups is 1. The molecular weight excluding hydrogens is 134 g/mol. The summed E-state index contributed by atoms with van der Waals surface area (Å²) in [6, 6.07) is 0. The molecule has 0 aromatic rings. The normalized spacial score (nSPS) is 13.4. The predicted octanol–water partition coefficient (Wildman–Crippen LogP) is 3.34. The van der Waals surface area contributed by atoms with Crippen LogP contribution >= 0.6 is 0 Å². The molecule has 0 bridgehead atoms. The first-order valence-corrected chi connectivity index (χ1v) is 4.04. The predicted molar refractivity (Wildman–Crippen MR) is 52.0 cm³/mol. The Labute approximate surface area is 69.5 Å². The van der Waals surface area contributed by atoms with Gasteiger partial charge in [-0.2, -0.15) is 0 Å². The highest BCUT2D eigenvalue weighted by Gasteiger charge is 1.88. The van der Waals surface area contributed by atoms with E-state index < -0.39 is 0 Å². The van der Waals surface area contributed by atoms with Crippen LogP contribution in [0.25, 0.3) is 0 Å². The molecule has 0 N–H and O–H groups in total. The molecule has 0 saturated carbocycles. The Morgan fingerprint density at radius 2 is 2.09 bits per heavy atom. The van der Waals surface area contributed by atoms with E-state index in [2.05, 4.69) is 25.4 Å². The highest BCUT2D eigenvalue weighted by atomic mass is 14.7. The van der Waals surface area contributed by atoms with E-state index in [1.54, 1.807) is 6.08 Å². The lowest BCUT2D eigenvalue weighted by atomic mass is 10.2. The van der Waals surface area contributed by atoms with E-state index in [1.165, 1.54) is 5.71 Å². The Morgan fingerprint density at radius 3 is 2.55 bits per heavy atom. The summed E-state index contributed by atoms with van der Waals surface area (Å²) in [7, 11) is 0. The maximum Gasteiger partial charge on any atom is 0.0371 e. The van der Waals surface area contributed by atoms with Crippen molar-refractivity contribution in [3.63, 3.8) is 0 Å². The fourth-order valence-corrected chi connectivity index (χ4v) is 0.927. The second kappa shape index (κ2) is 5.90. The van der Waals surface area contributed by atoms with Crippen molar-refractivity contribution in [3.05, 3.63) is 24.4 Å². The van der Waals surface area contributed by atoms with Gasteiger partial charge < -0.3 is 0 Å². The van der Waals surface area contributed by atoms with Crippen molar-refractivity contribution >= 4 is 5.71 Å². The van der Waals surface area contributed by atoms with Crippen molar-refractivity contribution in [1.29, 1.82) is 0 Å². The van der Waals surface area contributed by atoms with E-state index in [4.69, 9.17) is 0 Å². The fourth-order valence-electron chi connectivity index (χ4n) is 0.927. The van der Waals surface area contributed by atoms with E-state index in [0.717, 1.165) is 18.5 Å². The second-order valence-electron chi connectivity index (χ2n) is 2.64. The van der Waals surface area contributed by atoms with Crippen molar-refractivity contribution in [2.24, 2.45) is 4.99 Å². The highest BCUT2D eigenvalue weighted by Crippen LogP contribution is 1.99. The van der Waals surface area contributed by atoms with Gasteiger partial charge in [0.05, 0.1) is 0 Å². The van der Waals surface area contributed by atoms with Crippen LogP contribution in [-0.2, 0) is 0 Å². The van der Waals surface area contributed by atoms with Gasteiger partial charge >= 0.3 is 0 Å². The molecule has 0 amide bonds. The zero-order valence-electron chi connectivity index (χ0n) is 7.72. The van der Waals surface area contributed by atoms with Gasteiger partial charge in [0.1, 0.15) is 0 Å². The molecule has 0 aromatic heterocycles. The van der Waals surface area contributed by atoms with Crippen LogP contribution in [-0.4, -0.2) is 5.71 Å². The van der Waals surface area contributed by atoms with Gasteiger partial charge in [-0.15, -0.1) is 0 Å². The Hall–Kier alpha value is -0.850. The van der Waals surface area contributed by atoms with Crippen LogP contribution in [0.5, 0.6) is 0 Å². The van der Waals surface area contributed by atoms with E-state index in [-0.39, 0.29) is 0 Å². The first-order valence-electron chi connectivity index (χ1n) is 4.04. The van der Waals surface area contributed by atoms with Crippen LogP contribution in [0.2, 0.25) is 0 Å². The van der Waals surface area contributed by atoms with Crippen molar-refractivity contribution in [1.82, 2.24) is 0 Å². The number of allylic oxidation sites excluding steroid dienone is 3. The van der Waals surface area contributed by atoms with Gasteiger partial charge in [0.25, 0.3) is 0 Å². The molecule has 0 atom stereocenters. The summed E-state index contributed by atoms with van der Waals surface area (Å²) in [5, 5.41) is 0. The SMILES string of the molecule is C=C/C=C(C)\N=C(\C)CCC. The molecule has 0 aliphatic heterocycles. The Bertz CT molecular complexity index is 175. The lowest BCUT2D eigenvalue weighted by Gasteiger charge is -1.96. The summed E-state index contributed by atoms with van der Waals surface area (Å²) < 4.78 is 0. The lowest BCUT2D eigenvalue weighted by molar-refractivity contribution is 0.983. The molecular formula is C10H17N. The molecule has 0 unspecified atom stereocenters. The van der Waals surface area contributed by atoms with Gasteiger partial charge in [-0.05, 0) is 26.3 Å². The molecule has 0 fully saturated rings. The molecule has 0 spiro atoms. The smallest absolute Gasteiger partial charge is 0.0371 e. The third-order valence-electron chi connectivity index (χ3n) is 1.34. The van der Waals surface area contributed by atoms with E-state index in [1.807, 2.05) is 13.0 Å². The molecule has 0 aliphatic rings. The zero-order valence-corrected chi connectivity index (χ0v) is 7.72. The van der Waals surface area contributed by atoms with Crippen LogP contribution in [0, 0.1) is 0 Å². The van der Waals surface area contributed by atoms with Crippen molar-refractivity contribution in [2.75, 3.05) is 0 Å². The van der Waals surface area contributed by atoms with Crippen molar-refractivity contribution in [2.45, 2.75) is 33.6 Å². The van der Waals surface area contributed by atoms with Gasteiger partial charge in [-0.25, -0.2) is 0 Å². The summed E-state index contributed by atoms with van der Waals surface area (Å²) in [5.41, 5.74) is 2.23. The number of nitrogens with zero attached hydrogens (tertiary/aromatic N) is 1. The van der Waals surface area contributed by atoms with E-state index in [9.17, 15) is 0 Å². The van der Waals surface area contributed by atoms with Crippen LogP contribution < -0.4 is 0 Å². The largest absolute Gasteiger partial charge is 0.263 e. The lowest BCUT2D eigenvalue weighted by Crippen LogP contribution is -1.89. The monoisotopic (exact) mass is 151 g/mol. The molecule has 1 heteroatoms. The van der Waals surface area contributed by atoms with Crippen LogP contribution in [0.15, 0.2) is 29.4 Å². The first kappa shape index (κ1) is 10.2. The number of hydrogen-bond acceptors (Lipinski definition) is 1. The molecule has 0 aromatic carbocycles. The fraction of sp³-hybridized carbons (Fsp3) is 0.500. The summed E-state index contributed by atoms with van der Waals surface area (Å²) in [5.74, 6) is 0. The maximum atomic E-state index is 4.36. The highest BCUT2D eigenvalue weighted by molar-refractivity contribution is 5.82. The molecule has 0 saturated heterocycles. The van der Waals surface area contributed by atoms with Gasteiger partial charge in [0.2, 0.25) is 0 Å². The number of rotatable bonds is 4. The van der Waals surface area contributed by atoms with E-state index >= 15 is 0 Å². The van der Waals surface area contributed by atoms with Crippen molar-refractivity contribution < 1.29 is 0 Å². The quantitative estimate of drug-likeness (QED) is 0.431. The second-order valence-corrected chi connectivity index (χ2v) is 2.64. The molecule has 0 radical (unpaired) electrons. The molecule has 0 heterocycles. The minimum atomic E-state index is 1.03. The van der Waals surface area contributed by atoms with Crippen LogP contribution in [0.3, 0.4) is 0 Å². The molecule has 0 rings (SSSR count). The maximum absolute atomic E-state index is 4.36. The Morgan fingerprint density at radius 1 is 1.45 bits per heavy atom. The van der Waals surface area contributed by atoms with Gasteiger partial charge in [0, 0.05) is 11.4 Å². The van der Waals surface area contributed by atoms with Crippen LogP contribution in [0.4, 0.5) is 0 Å².